The van der Waals surface area contributed by atoms with Gasteiger partial charge in [-0.15, -0.1) is 23.1 Å². The molecule has 0 saturated heterocycles. The van der Waals surface area contributed by atoms with Gasteiger partial charge in [-0.25, -0.2) is 4.79 Å². The predicted molar refractivity (Wildman–Crippen MR) is 218 cm³/mol. The number of benzene rings is 4. The highest BCUT2D eigenvalue weighted by molar-refractivity contribution is 8.00. The molecule has 10 heteroatoms. The van der Waals surface area contributed by atoms with Gasteiger partial charge in [0.1, 0.15) is 10.7 Å². The van der Waals surface area contributed by atoms with E-state index in [4.69, 9.17) is 4.74 Å². The average Bonchev–Trinajstić information content (AvgIpc) is 3.55. The van der Waals surface area contributed by atoms with Crippen LogP contribution in [0.4, 0.5) is 10.7 Å². The Kier molecular flexibility index (Phi) is 12.5. The van der Waals surface area contributed by atoms with Gasteiger partial charge in [-0.1, -0.05) is 92.7 Å². The number of thiophene rings is 1. The summed E-state index contributed by atoms with van der Waals surface area (Å²) < 4.78 is 5.15. The third kappa shape index (κ3) is 9.37. The van der Waals surface area contributed by atoms with Crippen molar-refractivity contribution < 1.29 is 23.9 Å². The van der Waals surface area contributed by atoms with Gasteiger partial charge in [0.05, 0.1) is 17.9 Å². The van der Waals surface area contributed by atoms with Gasteiger partial charge in [-0.05, 0) is 96.7 Å². The molecule has 0 radical (unpaired) electrons. The summed E-state index contributed by atoms with van der Waals surface area (Å²) in [6.07, 6.45) is 4.08. The van der Waals surface area contributed by atoms with E-state index in [0.717, 1.165) is 40.2 Å². The molecule has 8 nitrogen and oxygen atoms in total. The van der Waals surface area contributed by atoms with Crippen molar-refractivity contribution in [2.75, 3.05) is 17.7 Å². The van der Waals surface area contributed by atoms with Gasteiger partial charge in [0.25, 0.3) is 11.8 Å². The van der Waals surface area contributed by atoms with E-state index in [1.165, 1.54) is 41.3 Å². The zero-order valence-corrected chi connectivity index (χ0v) is 32.3. The number of rotatable bonds is 12. The van der Waals surface area contributed by atoms with Crippen molar-refractivity contribution in [3.8, 4) is 0 Å². The molecular formula is C44H43N3O5S2. The SMILES string of the molecule is COC(=O)c1c(NC(=O)C(C)Sc2cccc(NC(=O)/C(=C\c3ccc(C(C)C)cc3)NC(=O)c3ccccc3)c2)sc2c1CCC(c1ccccc1)C2. The van der Waals surface area contributed by atoms with Crippen molar-refractivity contribution in [1.29, 1.82) is 0 Å². The van der Waals surface area contributed by atoms with Crippen molar-refractivity contribution in [3.05, 3.63) is 153 Å². The number of fused-ring (bicyclic) bond motifs is 1. The standard InChI is InChI=1S/C44H43N3O5S2/c1-27(2)30-20-18-29(19-21-30)24-37(46-41(49)32-14-9-6-10-15-32)42(50)45-34-16-11-17-35(26-34)53-28(3)40(48)47-43-39(44(51)52-4)36-23-22-33(25-38(36)54-43)31-12-7-5-8-13-31/h5-21,24,26-28,33H,22-23,25H2,1-4H3,(H,45,50)(H,46,49)(H,47,48)/b37-24+. The number of esters is 1. The summed E-state index contributed by atoms with van der Waals surface area (Å²) in [5.74, 6) is -0.906. The molecule has 1 heterocycles. The molecule has 1 aromatic heterocycles. The molecule has 0 saturated carbocycles. The monoisotopic (exact) mass is 757 g/mol. The first-order valence-electron chi connectivity index (χ1n) is 17.9. The molecule has 2 atom stereocenters. The van der Waals surface area contributed by atoms with E-state index in [1.807, 2.05) is 54.6 Å². The Bertz CT molecular complexity index is 2160. The van der Waals surface area contributed by atoms with Gasteiger partial charge in [0.15, 0.2) is 0 Å². The molecule has 6 rings (SSSR count). The van der Waals surface area contributed by atoms with Gasteiger partial charge in [-0.3, -0.25) is 14.4 Å². The number of thioether (sulfide) groups is 1. The molecule has 5 aromatic rings. The minimum Gasteiger partial charge on any atom is -0.465 e. The van der Waals surface area contributed by atoms with Gasteiger partial charge >= 0.3 is 5.97 Å². The molecule has 2 unspecified atom stereocenters. The Balaban J connectivity index is 1.15. The lowest BCUT2D eigenvalue weighted by atomic mass is 9.83. The first kappa shape index (κ1) is 38.3. The number of nitrogens with one attached hydrogen (secondary N) is 3. The molecule has 1 aliphatic rings. The Morgan fingerprint density at radius 2 is 1.56 bits per heavy atom. The second kappa shape index (κ2) is 17.6. The molecule has 0 aliphatic heterocycles. The predicted octanol–water partition coefficient (Wildman–Crippen LogP) is 9.46. The zero-order valence-electron chi connectivity index (χ0n) is 30.7. The third-order valence-electron chi connectivity index (χ3n) is 9.38. The van der Waals surface area contributed by atoms with E-state index in [-0.39, 0.29) is 11.6 Å². The number of amides is 3. The molecule has 3 amide bonds. The lowest BCUT2D eigenvalue weighted by Crippen LogP contribution is -2.30. The van der Waals surface area contributed by atoms with Gasteiger partial charge in [0, 0.05) is 21.0 Å². The van der Waals surface area contributed by atoms with Crippen LogP contribution in [0.1, 0.15) is 86.9 Å². The number of hydrogen-bond acceptors (Lipinski definition) is 7. The quantitative estimate of drug-likeness (QED) is 0.0664. The Morgan fingerprint density at radius 3 is 2.24 bits per heavy atom. The third-order valence-corrected chi connectivity index (χ3v) is 11.6. The molecule has 54 heavy (non-hydrogen) atoms. The topological polar surface area (TPSA) is 114 Å². The number of anilines is 2. The summed E-state index contributed by atoms with van der Waals surface area (Å²) in [7, 11) is 1.36. The summed E-state index contributed by atoms with van der Waals surface area (Å²) in [6, 6.07) is 34.1. The van der Waals surface area contributed by atoms with E-state index in [0.29, 0.717) is 33.7 Å². The molecular weight excluding hydrogens is 715 g/mol. The van der Waals surface area contributed by atoms with Crippen LogP contribution in [0.15, 0.2) is 120 Å². The van der Waals surface area contributed by atoms with Crippen LogP contribution in [0, 0.1) is 0 Å². The summed E-state index contributed by atoms with van der Waals surface area (Å²) in [4.78, 5) is 55.2. The van der Waals surface area contributed by atoms with Crippen molar-refractivity contribution >= 4 is 63.6 Å². The van der Waals surface area contributed by atoms with Crippen LogP contribution in [0.25, 0.3) is 6.08 Å². The molecule has 3 N–H and O–H groups in total. The maximum atomic E-state index is 13.7. The maximum absolute atomic E-state index is 13.7. The normalized spacial score (nSPS) is 14.5. The highest BCUT2D eigenvalue weighted by Crippen LogP contribution is 2.43. The van der Waals surface area contributed by atoms with Gasteiger partial charge < -0.3 is 20.7 Å². The number of ether oxygens (including phenoxy) is 1. The molecule has 276 valence electrons. The van der Waals surface area contributed by atoms with Crippen LogP contribution in [0.3, 0.4) is 0 Å². The molecule has 4 aromatic carbocycles. The second-order valence-corrected chi connectivity index (χ2v) is 16.0. The smallest absolute Gasteiger partial charge is 0.341 e. The fourth-order valence-electron chi connectivity index (χ4n) is 6.40. The molecule has 0 bridgehead atoms. The second-order valence-electron chi connectivity index (χ2n) is 13.5. The summed E-state index contributed by atoms with van der Waals surface area (Å²) >= 11 is 2.78. The Hall–Kier alpha value is -5.45. The highest BCUT2D eigenvalue weighted by atomic mass is 32.2. The van der Waals surface area contributed by atoms with Crippen LogP contribution in [-0.2, 0) is 27.2 Å². The Labute approximate surface area is 324 Å². The van der Waals surface area contributed by atoms with Crippen LogP contribution in [0.5, 0.6) is 0 Å². The van der Waals surface area contributed by atoms with E-state index < -0.39 is 23.0 Å². The van der Waals surface area contributed by atoms with Crippen LogP contribution in [-0.4, -0.2) is 36.1 Å². The van der Waals surface area contributed by atoms with Crippen LogP contribution >= 0.6 is 23.1 Å². The summed E-state index contributed by atoms with van der Waals surface area (Å²) in [5, 5.41) is 8.70. The minimum atomic E-state index is -0.535. The molecule has 0 fully saturated rings. The fourth-order valence-corrected chi connectivity index (χ4v) is 8.65. The Morgan fingerprint density at radius 1 is 0.852 bits per heavy atom. The maximum Gasteiger partial charge on any atom is 0.341 e. The summed E-state index contributed by atoms with van der Waals surface area (Å²) in [5.41, 5.74) is 5.61. The van der Waals surface area contributed by atoms with Crippen LogP contribution in [0.2, 0.25) is 0 Å². The first-order chi connectivity index (χ1) is 26.1. The van der Waals surface area contributed by atoms with Crippen molar-refractivity contribution in [1.82, 2.24) is 5.32 Å². The van der Waals surface area contributed by atoms with Crippen LogP contribution < -0.4 is 16.0 Å². The fraction of sp³-hybridized carbons (Fsp3) is 0.227. The highest BCUT2D eigenvalue weighted by Gasteiger charge is 2.31. The van der Waals surface area contributed by atoms with Crippen molar-refractivity contribution in [2.24, 2.45) is 0 Å². The molecule has 0 spiro atoms. The van der Waals surface area contributed by atoms with Crippen molar-refractivity contribution in [3.63, 3.8) is 0 Å². The number of hydrogen-bond donors (Lipinski definition) is 3. The first-order valence-corrected chi connectivity index (χ1v) is 19.6. The average molecular weight is 758 g/mol. The van der Waals surface area contributed by atoms with E-state index in [9.17, 15) is 19.2 Å². The van der Waals surface area contributed by atoms with E-state index >= 15 is 0 Å². The van der Waals surface area contributed by atoms with Crippen molar-refractivity contribution in [2.45, 2.75) is 62.0 Å². The largest absolute Gasteiger partial charge is 0.465 e. The van der Waals surface area contributed by atoms with Gasteiger partial charge in [0.2, 0.25) is 5.91 Å². The van der Waals surface area contributed by atoms with Gasteiger partial charge in [-0.2, -0.15) is 0 Å². The van der Waals surface area contributed by atoms with E-state index in [1.54, 1.807) is 55.5 Å². The number of carbonyl (C=O) groups is 4. The summed E-state index contributed by atoms with van der Waals surface area (Å²) in [6.45, 7) is 6.02. The minimum absolute atomic E-state index is 0.0853. The molecule has 1 aliphatic carbocycles. The number of methoxy groups -OCH3 is 1. The lowest BCUT2D eigenvalue weighted by molar-refractivity contribution is -0.115. The number of carbonyl (C=O) groups excluding carboxylic acids is 4. The van der Waals surface area contributed by atoms with E-state index in [2.05, 4.69) is 41.9 Å². The lowest BCUT2D eigenvalue weighted by Gasteiger charge is -2.22. The zero-order chi connectivity index (χ0) is 38.2.